The average Bonchev–Trinajstić information content (AvgIpc) is 4.04. The van der Waals surface area contributed by atoms with E-state index in [9.17, 15) is 16.8 Å². The van der Waals surface area contributed by atoms with Gasteiger partial charge in [0.15, 0.2) is 0 Å². The quantitative estimate of drug-likeness (QED) is 0.0474. The number of hydrogen-bond acceptors (Lipinski definition) is 14. The van der Waals surface area contributed by atoms with E-state index in [0.29, 0.717) is 31.1 Å². The molecular formula is C44H71ClN12O5S2Si. The molecule has 0 bridgehead atoms. The Bertz CT molecular complexity index is 2430. The molecular weight excluding hydrogens is 904 g/mol. The number of ether oxygens (including phenoxy) is 1. The number of aryl methyl sites for hydroxylation is 4. The number of aromatic nitrogens is 6. The fourth-order valence-corrected chi connectivity index (χ4v) is 11.6. The number of likely N-dealkylation sites (N-methyl/N-ethyl adjacent to an activating group) is 2. The van der Waals surface area contributed by atoms with Gasteiger partial charge in [-0.1, -0.05) is 31.8 Å². The number of benzene rings is 2. The third-order valence-electron chi connectivity index (χ3n) is 11.9. The van der Waals surface area contributed by atoms with Gasteiger partial charge in [0.25, 0.3) is 29.4 Å². The van der Waals surface area contributed by atoms with Crippen molar-refractivity contribution in [1.82, 2.24) is 44.5 Å². The van der Waals surface area contributed by atoms with E-state index in [0.717, 1.165) is 101 Å². The summed E-state index contributed by atoms with van der Waals surface area (Å²) in [6, 6.07) is 5.80. The second kappa shape index (κ2) is 21.7. The predicted octanol–water partition coefficient (Wildman–Crippen LogP) is 5.89. The Labute approximate surface area is 391 Å². The molecule has 4 aliphatic rings. The number of nitrogens with zero attached hydrogens (tertiary/aromatic N) is 7. The zero-order valence-electron chi connectivity index (χ0n) is 39.8. The molecule has 17 nitrogen and oxygen atoms in total. The lowest BCUT2D eigenvalue weighted by atomic mass is 9.99. The fourth-order valence-electron chi connectivity index (χ4n) is 9.20. The number of aromatic amines is 1. The van der Waals surface area contributed by atoms with Gasteiger partial charge in [-0.05, 0) is 170 Å². The Balaban J connectivity index is 0.000000188. The summed E-state index contributed by atoms with van der Waals surface area (Å²) in [4.78, 5) is 12.4. The van der Waals surface area contributed by atoms with Crippen molar-refractivity contribution in [3.63, 3.8) is 0 Å². The van der Waals surface area contributed by atoms with E-state index in [1.807, 2.05) is 46.9 Å². The van der Waals surface area contributed by atoms with Crippen molar-refractivity contribution in [2.75, 3.05) is 58.5 Å². The number of sulfonamides is 1. The minimum atomic E-state index is -4.03. The topological polar surface area (TPSA) is 218 Å². The van der Waals surface area contributed by atoms with Gasteiger partial charge < -0.3 is 30.9 Å². The Hall–Kier alpha value is -3.47. The van der Waals surface area contributed by atoms with Gasteiger partial charge >= 0.3 is 0 Å². The van der Waals surface area contributed by atoms with Crippen LogP contribution in [0.4, 0.5) is 23.3 Å². The molecule has 6 N–H and O–H groups in total. The smallest absolute Gasteiger partial charge is 0.298 e. The second-order valence-corrected chi connectivity index (χ2v) is 29.4. The van der Waals surface area contributed by atoms with E-state index in [2.05, 4.69) is 77.3 Å². The van der Waals surface area contributed by atoms with Gasteiger partial charge in [-0.3, -0.25) is 0 Å². The first-order valence-electron chi connectivity index (χ1n) is 22.9. The van der Waals surface area contributed by atoms with Gasteiger partial charge in [-0.15, -0.1) is 10.2 Å². The number of hydrogen-bond donors (Lipinski definition) is 5. The zero-order chi connectivity index (χ0) is 47.3. The molecule has 0 aliphatic heterocycles. The van der Waals surface area contributed by atoms with Crippen molar-refractivity contribution in [1.29, 1.82) is 0 Å². The number of H-pyrrole nitrogens is 1. The van der Waals surface area contributed by atoms with Crippen molar-refractivity contribution in [2.45, 2.75) is 146 Å². The van der Waals surface area contributed by atoms with Gasteiger partial charge in [-0.2, -0.15) is 9.97 Å². The summed E-state index contributed by atoms with van der Waals surface area (Å²) >= 11 is 0. The highest BCUT2D eigenvalue weighted by molar-refractivity contribution is 8.13. The van der Waals surface area contributed by atoms with E-state index >= 15 is 0 Å². The Morgan fingerprint density at radius 2 is 1.28 bits per heavy atom. The minimum Gasteiger partial charge on any atom is -0.359 e. The Morgan fingerprint density at radius 3 is 1.71 bits per heavy atom. The lowest BCUT2D eigenvalue weighted by Crippen LogP contribution is -2.39. The van der Waals surface area contributed by atoms with Crippen LogP contribution in [0.15, 0.2) is 22.4 Å². The fraction of sp³-hybridized carbons (Fsp3) is 0.636. The van der Waals surface area contributed by atoms with E-state index in [1.54, 1.807) is 0 Å². The van der Waals surface area contributed by atoms with Crippen LogP contribution in [-0.4, -0.2) is 125 Å². The highest BCUT2D eigenvalue weighted by atomic mass is 35.7. The van der Waals surface area contributed by atoms with Crippen LogP contribution < -0.4 is 21.1 Å². The Morgan fingerprint density at radius 1 is 0.785 bits per heavy atom. The number of nitrogens with one attached hydrogen (secondary N) is 4. The molecule has 2 heterocycles. The Kier molecular flexibility index (Phi) is 17.0. The highest BCUT2D eigenvalue weighted by Gasteiger charge is 2.29. The minimum absolute atomic E-state index is 0.128. The summed E-state index contributed by atoms with van der Waals surface area (Å²) in [5.41, 5.74) is 18.5. The molecule has 2 aromatic carbocycles. The second-order valence-electron chi connectivity index (χ2n) is 19.7. The van der Waals surface area contributed by atoms with Gasteiger partial charge in [0, 0.05) is 61.9 Å². The molecule has 2 atom stereocenters. The number of anilines is 4. The number of nitrogens with two attached hydrogens (primary N) is 1. The molecule has 0 saturated heterocycles. The first kappa shape index (κ1) is 50.9. The zero-order valence-corrected chi connectivity index (χ0v) is 43.2. The molecule has 360 valence electrons. The molecule has 65 heavy (non-hydrogen) atoms. The molecule has 0 fully saturated rings. The summed E-state index contributed by atoms with van der Waals surface area (Å²) in [5, 5.41) is 17.0. The lowest BCUT2D eigenvalue weighted by molar-refractivity contribution is 0.0792. The maximum Gasteiger partial charge on any atom is 0.298 e. The summed E-state index contributed by atoms with van der Waals surface area (Å²) in [6.45, 7) is 13.0. The van der Waals surface area contributed by atoms with Crippen molar-refractivity contribution >= 4 is 61.1 Å². The molecule has 21 heteroatoms. The first-order chi connectivity index (χ1) is 30.6. The molecule has 0 spiro atoms. The summed E-state index contributed by atoms with van der Waals surface area (Å²) in [5.74, 6) is 0.659. The van der Waals surface area contributed by atoms with Crippen LogP contribution in [0.1, 0.15) is 84.0 Å². The van der Waals surface area contributed by atoms with Crippen molar-refractivity contribution in [3.05, 3.63) is 56.6 Å². The normalized spacial score (nSPS) is 16.3. The van der Waals surface area contributed by atoms with Gasteiger partial charge in [0.1, 0.15) is 6.73 Å². The molecule has 4 aliphatic carbocycles. The molecule has 0 unspecified atom stereocenters. The van der Waals surface area contributed by atoms with Crippen LogP contribution in [0.25, 0.3) is 0 Å². The van der Waals surface area contributed by atoms with Crippen LogP contribution in [0.5, 0.6) is 0 Å². The third-order valence-corrected chi connectivity index (χ3v) is 16.0. The SMILES string of the molecule is C[C@@H](CN(C)C)NS(=O)(=O)c1nc(Nc2c3c(cc4c2CCC4)CCC3)n[nH]1.C[C@H](N)CN(C)C.C[Si](C)(C)CCOCn1nc(S(=O)(=O)Cl)nc1Nc1c2c(cc3c1CCC3)CCC2. The number of rotatable bonds is 17. The highest BCUT2D eigenvalue weighted by Crippen LogP contribution is 2.41. The largest absolute Gasteiger partial charge is 0.359 e. The predicted molar refractivity (Wildman–Crippen MR) is 262 cm³/mol. The van der Waals surface area contributed by atoms with E-state index in [1.165, 1.54) is 49.2 Å². The van der Waals surface area contributed by atoms with Crippen LogP contribution in [-0.2, 0) is 81.9 Å². The van der Waals surface area contributed by atoms with E-state index in [-0.39, 0.29) is 17.9 Å². The first-order valence-corrected chi connectivity index (χ1v) is 30.4. The van der Waals surface area contributed by atoms with Gasteiger partial charge in [-0.25, -0.2) is 31.3 Å². The van der Waals surface area contributed by atoms with Crippen LogP contribution in [0.2, 0.25) is 25.7 Å². The van der Waals surface area contributed by atoms with Crippen LogP contribution >= 0.6 is 10.7 Å². The third kappa shape index (κ3) is 13.8. The molecule has 4 aromatic rings. The van der Waals surface area contributed by atoms with Gasteiger partial charge in [0.2, 0.25) is 11.9 Å². The molecule has 0 radical (unpaired) electrons. The molecule has 2 aromatic heterocycles. The molecule has 8 rings (SSSR count). The standard InChI is InChI=1S/C20H29ClN4O3SSi.C19H28N6O2S.C5H14N2/c1-30(2,3)11-10-28-13-25-19(23-20(24-25)29(21,26)27)22-18-16-8-4-6-14(16)12-15-7-5-9-17(15)18;1-12(11-25(2)3)24-28(26,27)19-21-18(22-23-19)20-17-15-8-4-6-13(15)10-14-7-5-9-16(14)17;1-5(6)4-7(2)3/h12H,4-11,13H2,1-3H3,(H,22,23,24);10,12,24H,4-9,11H2,1-3H3,(H2,20,21,22,23);5H,4,6H2,1-3H3/t;12-;5-/m.00/s1. The van der Waals surface area contributed by atoms with Crippen molar-refractivity contribution in [3.8, 4) is 0 Å². The van der Waals surface area contributed by atoms with Crippen LogP contribution in [0, 0.1) is 0 Å². The number of halogens is 1. The maximum atomic E-state index is 12.6. The van der Waals surface area contributed by atoms with E-state index in [4.69, 9.17) is 21.2 Å². The summed E-state index contributed by atoms with van der Waals surface area (Å²) in [7, 11) is 4.36. The molecule has 0 saturated carbocycles. The molecule has 0 amide bonds. The summed E-state index contributed by atoms with van der Waals surface area (Å²) < 4.78 is 58.8. The van der Waals surface area contributed by atoms with Crippen molar-refractivity contribution in [2.24, 2.45) is 5.73 Å². The van der Waals surface area contributed by atoms with E-state index < -0.39 is 32.3 Å². The monoisotopic (exact) mass is 974 g/mol. The van der Waals surface area contributed by atoms with Crippen LogP contribution in [0.3, 0.4) is 0 Å². The summed E-state index contributed by atoms with van der Waals surface area (Å²) in [6.07, 6.45) is 13.1. The van der Waals surface area contributed by atoms with Crippen molar-refractivity contribution < 1.29 is 21.6 Å². The lowest BCUT2D eigenvalue weighted by Gasteiger charge is -2.18. The van der Waals surface area contributed by atoms with Gasteiger partial charge in [0.05, 0.1) is 0 Å². The maximum absolute atomic E-state index is 12.6. The number of fused-ring (bicyclic) bond motifs is 4. The average molecular weight is 976 g/mol.